The van der Waals surface area contributed by atoms with Crippen LogP contribution in [0.15, 0.2) is 60.7 Å². The van der Waals surface area contributed by atoms with E-state index in [-0.39, 0.29) is 23.9 Å². The van der Waals surface area contributed by atoms with Gasteiger partial charge in [0.15, 0.2) is 6.61 Å². The Hall–Kier alpha value is -2.93. The molecule has 4 nitrogen and oxygen atoms in total. The summed E-state index contributed by atoms with van der Waals surface area (Å²) >= 11 is 6.26. The van der Waals surface area contributed by atoms with Crippen molar-refractivity contribution < 1.29 is 22.7 Å². The predicted octanol–water partition coefficient (Wildman–Crippen LogP) is 6.56. The summed E-state index contributed by atoms with van der Waals surface area (Å²) in [6.07, 6.45) is -4.39. The number of nitrogens with one attached hydrogen (secondary N) is 2. The summed E-state index contributed by atoms with van der Waals surface area (Å²) in [5.41, 5.74) is 1.67. The molecule has 0 fully saturated rings. The van der Waals surface area contributed by atoms with E-state index in [2.05, 4.69) is 10.6 Å². The van der Waals surface area contributed by atoms with Crippen LogP contribution in [0.25, 0.3) is 10.8 Å². The maximum atomic E-state index is 12.5. The van der Waals surface area contributed by atoms with Gasteiger partial charge in [0.05, 0.1) is 12.1 Å². The molecule has 0 aliphatic rings. The lowest BCUT2D eigenvalue weighted by atomic mass is 9.99. The molecule has 0 saturated carbocycles. The largest absolute Gasteiger partial charge is 0.484 e. The molecule has 0 aliphatic heterocycles. The highest BCUT2D eigenvalue weighted by Crippen LogP contribution is 2.30. The molecule has 2 amide bonds. The Morgan fingerprint density at radius 2 is 1.55 bits per heavy atom. The minimum Gasteiger partial charge on any atom is -0.484 e. The average molecular weight is 451 g/mol. The van der Waals surface area contributed by atoms with Crippen molar-refractivity contribution >= 4 is 28.4 Å². The minimum absolute atomic E-state index is 0.112. The van der Waals surface area contributed by atoms with E-state index in [1.807, 2.05) is 37.3 Å². The fraction of sp³-hybridized carbons (Fsp3) is 0.261. The molecule has 2 N–H and O–H groups in total. The van der Waals surface area contributed by atoms with Crippen LogP contribution in [0.2, 0.25) is 5.02 Å². The zero-order chi connectivity index (χ0) is 22.6. The number of amides is 2. The first-order chi connectivity index (χ1) is 14.6. The fourth-order valence-electron chi connectivity index (χ4n) is 3.28. The van der Waals surface area contributed by atoms with Crippen molar-refractivity contribution in [2.24, 2.45) is 0 Å². The van der Waals surface area contributed by atoms with Crippen LogP contribution in [0, 0.1) is 0 Å². The molecular weight excluding hydrogens is 429 g/mol. The van der Waals surface area contributed by atoms with Gasteiger partial charge in [0.1, 0.15) is 5.75 Å². The molecule has 3 aromatic rings. The number of benzene rings is 3. The number of alkyl halides is 3. The predicted molar refractivity (Wildman–Crippen MR) is 115 cm³/mol. The first-order valence-corrected chi connectivity index (χ1v) is 10.1. The van der Waals surface area contributed by atoms with Gasteiger partial charge < -0.3 is 15.4 Å². The minimum atomic E-state index is -4.39. The quantitative estimate of drug-likeness (QED) is 0.447. The molecule has 0 bridgehead atoms. The van der Waals surface area contributed by atoms with Crippen molar-refractivity contribution in [2.45, 2.75) is 32.1 Å². The zero-order valence-corrected chi connectivity index (χ0v) is 17.7. The van der Waals surface area contributed by atoms with E-state index in [4.69, 9.17) is 16.3 Å². The van der Waals surface area contributed by atoms with Crippen LogP contribution in [0.5, 0.6) is 5.75 Å². The van der Waals surface area contributed by atoms with Crippen LogP contribution in [0.4, 0.5) is 18.0 Å². The summed E-state index contributed by atoms with van der Waals surface area (Å²) in [6, 6.07) is 16.5. The van der Waals surface area contributed by atoms with E-state index >= 15 is 0 Å². The molecular formula is C23H22ClF3N2O2. The normalized spacial score (nSPS) is 13.5. The van der Waals surface area contributed by atoms with Gasteiger partial charge in [0, 0.05) is 10.4 Å². The maximum absolute atomic E-state index is 12.5. The molecule has 2 unspecified atom stereocenters. The first kappa shape index (κ1) is 22.7. The van der Waals surface area contributed by atoms with Crippen molar-refractivity contribution in [3.05, 3.63) is 76.8 Å². The van der Waals surface area contributed by atoms with Crippen molar-refractivity contribution in [3.8, 4) is 5.75 Å². The molecule has 0 spiro atoms. The van der Waals surface area contributed by atoms with Crippen molar-refractivity contribution in [1.29, 1.82) is 0 Å². The third-order valence-electron chi connectivity index (χ3n) is 4.85. The third-order valence-corrected chi connectivity index (χ3v) is 5.18. The highest BCUT2D eigenvalue weighted by Gasteiger charge is 2.28. The standard InChI is InChI=1S/C23H22ClF3N2O2/c1-14(16-7-9-17(10-8-16)31-13-23(25,26)27)28-22(30)29-15(2)18-11-12-21(24)20-6-4-3-5-19(18)20/h3-12,14-15H,13H2,1-2H3,(H2,28,29,30). The highest BCUT2D eigenvalue weighted by molar-refractivity contribution is 6.35. The topological polar surface area (TPSA) is 50.4 Å². The van der Waals surface area contributed by atoms with Gasteiger partial charge in [-0.3, -0.25) is 0 Å². The second-order valence-electron chi connectivity index (χ2n) is 7.22. The lowest BCUT2D eigenvalue weighted by molar-refractivity contribution is -0.153. The molecule has 164 valence electrons. The van der Waals surface area contributed by atoms with Crippen LogP contribution in [0.1, 0.15) is 37.1 Å². The average Bonchev–Trinajstić information content (AvgIpc) is 2.72. The van der Waals surface area contributed by atoms with Crippen molar-refractivity contribution in [3.63, 3.8) is 0 Å². The van der Waals surface area contributed by atoms with Gasteiger partial charge in [-0.25, -0.2) is 4.79 Å². The molecule has 0 radical (unpaired) electrons. The van der Waals surface area contributed by atoms with Crippen molar-refractivity contribution in [1.82, 2.24) is 10.6 Å². The molecule has 0 aromatic heterocycles. The summed E-state index contributed by atoms with van der Waals surface area (Å²) in [5.74, 6) is 0.112. The Morgan fingerprint density at radius 1 is 0.935 bits per heavy atom. The summed E-state index contributed by atoms with van der Waals surface area (Å²) < 4.78 is 41.4. The number of fused-ring (bicyclic) bond motifs is 1. The Balaban J connectivity index is 1.61. The Morgan fingerprint density at radius 3 is 2.19 bits per heavy atom. The molecule has 3 rings (SSSR count). The number of carbonyl (C=O) groups excluding carboxylic acids is 1. The first-order valence-electron chi connectivity index (χ1n) is 9.68. The fourth-order valence-corrected chi connectivity index (χ4v) is 3.50. The number of hydrogen-bond acceptors (Lipinski definition) is 2. The van der Waals surface area contributed by atoms with Crippen LogP contribution in [0.3, 0.4) is 0 Å². The molecule has 0 aliphatic carbocycles. The van der Waals surface area contributed by atoms with Crippen LogP contribution >= 0.6 is 11.6 Å². The molecule has 0 heterocycles. The van der Waals surface area contributed by atoms with E-state index in [0.717, 1.165) is 21.9 Å². The molecule has 3 aromatic carbocycles. The van der Waals surface area contributed by atoms with E-state index in [1.54, 1.807) is 25.1 Å². The SMILES string of the molecule is CC(NC(=O)NC(C)c1ccc(Cl)c2ccccc12)c1ccc(OCC(F)(F)F)cc1. The zero-order valence-electron chi connectivity index (χ0n) is 17.0. The lowest BCUT2D eigenvalue weighted by Crippen LogP contribution is -2.38. The smallest absolute Gasteiger partial charge is 0.422 e. The third kappa shape index (κ3) is 6.04. The highest BCUT2D eigenvalue weighted by atomic mass is 35.5. The van der Waals surface area contributed by atoms with E-state index < -0.39 is 12.8 Å². The number of halogens is 4. The Bertz CT molecular complexity index is 1050. The van der Waals surface area contributed by atoms with Crippen LogP contribution in [-0.4, -0.2) is 18.8 Å². The molecule has 2 atom stereocenters. The number of ether oxygens (including phenoxy) is 1. The van der Waals surface area contributed by atoms with Gasteiger partial charge in [-0.1, -0.05) is 54.1 Å². The maximum Gasteiger partial charge on any atom is 0.422 e. The van der Waals surface area contributed by atoms with E-state index in [9.17, 15) is 18.0 Å². The second-order valence-corrected chi connectivity index (χ2v) is 7.62. The Labute approximate surface area is 183 Å². The molecule has 8 heteroatoms. The van der Waals surface area contributed by atoms with E-state index in [0.29, 0.717) is 5.02 Å². The second kappa shape index (κ2) is 9.47. The van der Waals surface area contributed by atoms with Gasteiger partial charge in [0.25, 0.3) is 0 Å². The van der Waals surface area contributed by atoms with Crippen molar-refractivity contribution in [2.75, 3.05) is 6.61 Å². The lowest BCUT2D eigenvalue weighted by Gasteiger charge is -2.20. The van der Waals surface area contributed by atoms with E-state index in [1.165, 1.54) is 12.1 Å². The summed E-state index contributed by atoms with van der Waals surface area (Å²) in [5, 5.41) is 8.27. The van der Waals surface area contributed by atoms with Crippen LogP contribution in [-0.2, 0) is 0 Å². The van der Waals surface area contributed by atoms with Gasteiger partial charge in [-0.15, -0.1) is 0 Å². The molecule has 0 saturated heterocycles. The van der Waals surface area contributed by atoms with Gasteiger partial charge >= 0.3 is 12.2 Å². The Kier molecular flexibility index (Phi) is 6.95. The summed E-state index contributed by atoms with van der Waals surface area (Å²) in [4.78, 5) is 12.5. The molecule has 31 heavy (non-hydrogen) atoms. The van der Waals surface area contributed by atoms with Gasteiger partial charge in [-0.05, 0) is 48.6 Å². The number of rotatable bonds is 6. The summed E-state index contributed by atoms with van der Waals surface area (Å²) in [6.45, 7) is 2.32. The van der Waals surface area contributed by atoms with Gasteiger partial charge in [0.2, 0.25) is 0 Å². The number of carbonyl (C=O) groups is 1. The number of urea groups is 1. The van der Waals surface area contributed by atoms with Gasteiger partial charge in [-0.2, -0.15) is 13.2 Å². The summed E-state index contributed by atoms with van der Waals surface area (Å²) in [7, 11) is 0. The van der Waals surface area contributed by atoms with Crippen LogP contribution < -0.4 is 15.4 Å². The number of hydrogen-bond donors (Lipinski definition) is 2. The monoisotopic (exact) mass is 450 g/mol.